The maximum Gasteiger partial charge on any atom is 0.220 e. The highest BCUT2D eigenvalue weighted by atomic mass is 35.5. The molecular weight excluding hydrogens is 383 g/mol. The first kappa shape index (κ1) is 20.1. The number of nitrogens with zero attached hydrogens (tertiary/aromatic N) is 4. The number of halogens is 2. The van der Waals surface area contributed by atoms with E-state index < -0.39 is 0 Å². The standard InChI is InChI=1S/C15H20N6OS.2ClH/c22-14(17-8-12-10-20-5-6-23-15(20)18-12)2-1-11-7-13-9-16-3-4-21(13)19-11;;/h7,10,16H,1-6,8-9H2,(H,17,22);2*1H. The molecule has 25 heavy (non-hydrogen) atoms. The highest BCUT2D eigenvalue weighted by molar-refractivity contribution is 7.99. The van der Waals surface area contributed by atoms with Crippen molar-refractivity contribution in [1.29, 1.82) is 0 Å². The van der Waals surface area contributed by atoms with Crippen LogP contribution in [-0.4, -0.2) is 37.5 Å². The van der Waals surface area contributed by atoms with Crippen LogP contribution in [0.3, 0.4) is 0 Å². The van der Waals surface area contributed by atoms with Gasteiger partial charge in [-0.05, 0) is 6.07 Å². The minimum atomic E-state index is 0. The maximum absolute atomic E-state index is 12.0. The molecule has 0 radical (unpaired) electrons. The van der Waals surface area contributed by atoms with Gasteiger partial charge in [0, 0.05) is 44.4 Å². The maximum atomic E-state index is 12.0. The van der Waals surface area contributed by atoms with Crippen LogP contribution in [0, 0.1) is 0 Å². The molecular formula is C15H22Cl2N6OS. The monoisotopic (exact) mass is 404 g/mol. The highest BCUT2D eigenvalue weighted by Crippen LogP contribution is 2.24. The molecule has 138 valence electrons. The normalized spacial score (nSPS) is 14.9. The lowest BCUT2D eigenvalue weighted by molar-refractivity contribution is -0.121. The second kappa shape index (κ2) is 8.93. The minimum absolute atomic E-state index is 0. The van der Waals surface area contributed by atoms with Gasteiger partial charge >= 0.3 is 0 Å². The highest BCUT2D eigenvalue weighted by Gasteiger charge is 2.15. The Morgan fingerprint density at radius 2 is 2.20 bits per heavy atom. The predicted molar refractivity (Wildman–Crippen MR) is 102 cm³/mol. The molecule has 0 bridgehead atoms. The first-order valence-corrected chi connectivity index (χ1v) is 8.98. The van der Waals surface area contributed by atoms with E-state index in [1.54, 1.807) is 11.8 Å². The molecule has 0 spiro atoms. The van der Waals surface area contributed by atoms with E-state index >= 15 is 0 Å². The summed E-state index contributed by atoms with van der Waals surface area (Å²) in [6.07, 6.45) is 3.18. The third kappa shape index (κ3) is 4.69. The molecule has 1 amide bonds. The molecule has 2 aliphatic rings. The summed E-state index contributed by atoms with van der Waals surface area (Å²) in [5.41, 5.74) is 3.14. The van der Waals surface area contributed by atoms with Gasteiger partial charge in [0.25, 0.3) is 0 Å². The Balaban J connectivity index is 0.00000113. The van der Waals surface area contributed by atoms with E-state index in [1.165, 1.54) is 5.69 Å². The third-order valence-electron chi connectivity index (χ3n) is 4.15. The van der Waals surface area contributed by atoms with Crippen LogP contribution in [0.5, 0.6) is 0 Å². The third-order valence-corrected chi connectivity index (χ3v) is 5.12. The lowest BCUT2D eigenvalue weighted by Crippen LogP contribution is -2.28. The van der Waals surface area contributed by atoms with Crippen molar-refractivity contribution in [3.63, 3.8) is 0 Å². The van der Waals surface area contributed by atoms with E-state index in [0.29, 0.717) is 19.4 Å². The summed E-state index contributed by atoms with van der Waals surface area (Å²) in [6.45, 7) is 4.25. The van der Waals surface area contributed by atoms with Gasteiger partial charge in [0.15, 0.2) is 5.16 Å². The second-order valence-electron chi connectivity index (χ2n) is 5.86. The Hall–Kier alpha value is -1.22. The van der Waals surface area contributed by atoms with Crippen LogP contribution in [0.1, 0.15) is 23.5 Å². The number of fused-ring (bicyclic) bond motifs is 2. The molecule has 2 aromatic rings. The summed E-state index contributed by atoms with van der Waals surface area (Å²) < 4.78 is 4.18. The van der Waals surface area contributed by atoms with E-state index in [2.05, 4.69) is 31.3 Å². The van der Waals surface area contributed by atoms with Crippen LogP contribution in [0.2, 0.25) is 0 Å². The van der Waals surface area contributed by atoms with Gasteiger partial charge in [-0.1, -0.05) is 11.8 Å². The first-order valence-electron chi connectivity index (χ1n) is 8.00. The Bertz CT molecular complexity index is 687. The zero-order valence-electron chi connectivity index (χ0n) is 13.7. The molecule has 4 rings (SSSR count). The Labute approximate surface area is 163 Å². The first-order chi connectivity index (χ1) is 11.3. The number of rotatable bonds is 5. The van der Waals surface area contributed by atoms with Gasteiger partial charge in [-0.2, -0.15) is 5.10 Å². The van der Waals surface area contributed by atoms with Crippen LogP contribution >= 0.6 is 36.6 Å². The largest absolute Gasteiger partial charge is 0.350 e. The molecule has 2 aliphatic heterocycles. The molecule has 10 heteroatoms. The zero-order chi connectivity index (χ0) is 15.6. The molecule has 0 saturated carbocycles. The quantitative estimate of drug-likeness (QED) is 0.786. The fourth-order valence-electron chi connectivity index (χ4n) is 2.94. The van der Waals surface area contributed by atoms with Gasteiger partial charge in [0.2, 0.25) is 5.91 Å². The lowest BCUT2D eigenvalue weighted by Gasteiger charge is -2.13. The predicted octanol–water partition coefficient (Wildman–Crippen LogP) is 1.38. The van der Waals surface area contributed by atoms with Gasteiger partial charge in [-0.15, -0.1) is 24.8 Å². The Morgan fingerprint density at radius 1 is 1.32 bits per heavy atom. The van der Waals surface area contributed by atoms with Gasteiger partial charge < -0.3 is 15.2 Å². The van der Waals surface area contributed by atoms with Crippen molar-refractivity contribution in [2.24, 2.45) is 0 Å². The molecule has 0 aliphatic carbocycles. The Kier molecular flexibility index (Phi) is 7.18. The fourth-order valence-corrected chi connectivity index (χ4v) is 3.90. The second-order valence-corrected chi connectivity index (χ2v) is 6.92. The van der Waals surface area contributed by atoms with E-state index in [1.807, 2.05) is 10.9 Å². The van der Waals surface area contributed by atoms with Crippen molar-refractivity contribution >= 4 is 42.5 Å². The fraction of sp³-hybridized carbons (Fsp3) is 0.533. The summed E-state index contributed by atoms with van der Waals surface area (Å²) in [5.74, 6) is 1.15. The van der Waals surface area contributed by atoms with Gasteiger partial charge in [0.1, 0.15) is 0 Å². The molecule has 0 unspecified atom stereocenters. The van der Waals surface area contributed by atoms with Crippen molar-refractivity contribution in [2.75, 3.05) is 12.3 Å². The van der Waals surface area contributed by atoms with Gasteiger partial charge in [0.05, 0.1) is 30.2 Å². The van der Waals surface area contributed by atoms with Gasteiger partial charge in [-0.3, -0.25) is 9.48 Å². The van der Waals surface area contributed by atoms with E-state index in [-0.39, 0.29) is 30.7 Å². The van der Waals surface area contributed by atoms with Gasteiger partial charge in [-0.25, -0.2) is 4.98 Å². The molecule has 0 atom stereocenters. The number of nitrogens with one attached hydrogen (secondary N) is 2. The number of thioether (sulfide) groups is 1. The van der Waals surface area contributed by atoms with E-state index in [0.717, 1.165) is 48.5 Å². The van der Waals surface area contributed by atoms with Crippen molar-refractivity contribution in [3.05, 3.63) is 29.3 Å². The number of imidazole rings is 1. The van der Waals surface area contributed by atoms with Crippen LogP contribution < -0.4 is 10.6 Å². The number of carbonyl (C=O) groups is 1. The number of hydrogen-bond donors (Lipinski definition) is 2. The van der Waals surface area contributed by atoms with E-state index in [4.69, 9.17) is 0 Å². The number of aromatic nitrogens is 4. The molecule has 2 N–H and O–H groups in total. The Morgan fingerprint density at radius 3 is 3.00 bits per heavy atom. The summed E-state index contributed by atoms with van der Waals surface area (Å²) in [5, 5.41) is 11.9. The van der Waals surface area contributed by atoms with Crippen LogP contribution in [0.25, 0.3) is 0 Å². The zero-order valence-corrected chi connectivity index (χ0v) is 16.2. The van der Waals surface area contributed by atoms with Crippen molar-refractivity contribution in [2.45, 2.75) is 44.2 Å². The number of hydrogen-bond acceptors (Lipinski definition) is 5. The molecule has 0 aromatic carbocycles. The van der Waals surface area contributed by atoms with Crippen LogP contribution in [0.4, 0.5) is 0 Å². The van der Waals surface area contributed by atoms with Crippen molar-refractivity contribution in [3.8, 4) is 0 Å². The average Bonchev–Trinajstić information content (AvgIpc) is 3.24. The smallest absolute Gasteiger partial charge is 0.220 e. The molecule has 7 nitrogen and oxygen atoms in total. The van der Waals surface area contributed by atoms with Crippen LogP contribution in [0.15, 0.2) is 17.4 Å². The summed E-state index contributed by atoms with van der Waals surface area (Å²) in [4.78, 5) is 16.5. The summed E-state index contributed by atoms with van der Waals surface area (Å²) in [7, 11) is 0. The summed E-state index contributed by atoms with van der Waals surface area (Å²) in [6, 6.07) is 2.09. The van der Waals surface area contributed by atoms with Crippen molar-refractivity contribution in [1.82, 2.24) is 30.0 Å². The SMILES string of the molecule is Cl.Cl.O=C(CCc1cc2n(n1)CCNC2)NCc1cn2c(n1)SCC2. The summed E-state index contributed by atoms with van der Waals surface area (Å²) >= 11 is 1.77. The molecule has 4 heterocycles. The number of carbonyl (C=O) groups excluding carboxylic acids is 1. The van der Waals surface area contributed by atoms with E-state index in [9.17, 15) is 4.79 Å². The topological polar surface area (TPSA) is 76.8 Å². The number of amides is 1. The molecule has 0 saturated heterocycles. The average molecular weight is 405 g/mol. The molecule has 2 aromatic heterocycles. The minimum Gasteiger partial charge on any atom is -0.350 e. The lowest BCUT2D eigenvalue weighted by atomic mass is 10.2. The van der Waals surface area contributed by atoms with Crippen LogP contribution in [-0.2, 0) is 37.4 Å². The van der Waals surface area contributed by atoms with Crippen molar-refractivity contribution < 1.29 is 4.79 Å². The molecule has 0 fully saturated rings. The number of aryl methyl sites for hydroxylation is 2.